The first-order chi connectivity index (χ1) is 13.5. The Kier molecular flexibility index (Phi) is 6.68. The number of esters is 3. The summed E-state index contributed by atoms with van der Waals surface area (Å²) in [6, 6.07) is -2.81. The minimum Gasteiger partial charge on any atom is -0.463 e. The van der Waals surface area contributed by atoms with Crippen LogP contribution >= 0.6 is 0 Å². The van der Waals surface area contributed by atoms with Gasteiger partial charge in [0.25, 0.3) is 0 Å². The number of hydrogen-bond acceptors (Lipinski definition) is 11. The summed E-state index contributed by atoms with van der Waals surface area (Å²) in [5.41, 5.74) is 0. The second-order valence-corrected chi connectivity index (χ2v) is 6.26. The molecule has 29 heavy (non-hydrogen) atoms. The fourth-order valence-corrected chi connectivity index (χ4v) is 2.94. The molecule has 0 aliphatic carbocycles. The fraction of sp³-hybridized carbons (Fsp3) is 0.667. The van der Waals surface area contributed by atoms with Crippen LogP contribution in [0.5, 0.6) is 0 Å². The first kappa shape index (κ1) is 22.0. The Balaban J connectivity index is 2.35. The van der Waals surface area contributed by atoms with Gasteiger partial charge in [-0.05, 0) is 0 Å². The molecule has 2 saturated heterocycles. The lowest BCUT2D eigenvalue weighted by atomic mass is 10.1. The molecule has 0 bridgehead atoms. The van der Waals surface area contributed by atoms with Crippen LogP contribution in [0.1, 0.15) is 20.8 Å². The van der Waals surface area contributed by atoms with Crippen LogP contribution in [0.4, 0.5) is 4.79 Å². The number of carbonyl (C=O) groups excluding carboxylic acids is 5. The van der Waals surface area contributed by atoms with Crippen molar-refractivity contribution in [3.63, 3.8) is 0 Å². The molecule has 1 N–H and O–H groups in total. The SMILES string of the molecule is CC(=O)OC[C@H]1O[C@@H](N2CC([N+](=O)[O-])C(=O)NC2=O)[C@H](OC(C)=O)[C@@H]1OC(C)=O. The molecule has 2 rings (SSSR count). The molecule has 14 nitrogen and oxygen atoms in total. The summed E-state index contributed by atoms with van der Waals surface area (Å²) in [5.74, 6) is -3.36. The highest BCUT2D eigenvalue weighted by Crippen LogP contribution is 2.31. The number of carbonyl (C=O) groups is 5. The molecule has 2 fully saturated rings. The standard InChI is InChI=1S/C15H19N3O11/c1-6(19)26-5-10-11(27-7(2)20)12(28-8(3)21)14(29-10)17-4-9(18(24)25)13(22)16-15(17)23/h9-12,14H,4-5H2,1-3H3,(H,16,22,23)/t9?,10-,11-,12-,14-/m1/s1. The quantitative estimate of drug-likeness (QED) is 0.226. The Bertz CT molecular complexity index is 739. The van der Waals surface area contributed by atoms with E-state index < -0.39 is 78.5 Å². The molecular formula is C15H19N3O11. The highest BCUT2D eigenvalue weighted by Gasteiger charge is 2.55. The van der Waals surface area contributed by atoms with E-state index in [1.807, 2.05) is 5.32 Å². The lowest BCUT2D eigenvalue weighted by Gasteiger charge is -2.34. The number of ether oxygens (including phenoxy) is 4. The monoisotopic (exact) mass is 417 g/mol. The Labute approximate surface area is 163 Å². The van der Waals surface area contributed by atoms with Crippen molar-refractivity contribution in [1.82, 2.24) is 10.2 Å². The largest absolute Gasteiger partial charge is 0.463 e. The van der Waals surface area contributed by atoms with Crippen molar-refractivity contribution >= 4 is 29.8 Å². The summed E-state index contributed by atoms with van der Waals surface area (Å²) in [5, 5.41) is 12.9. The van der Waals surface area contributed by atoms with Crippen molar-refractivity contribution in [1.29, 1.82) is 0 Å². The summed E-state index contributed by atoms with van der Waals surface area (Å²) in [6.07, 6.45) is -5.25. The van der Waals surface area contributed by atoms with Crippen LogP contribution < -0.4 is 5.32 Å². The van der Waals surface area contributed by atoms with Gasteiger partial charge in [0.15, 0.2) is 18.4 Å². The van der Waals surface area contributed by atoms with Crippen LogP contribution in [0.25, 0.3) is 0 Å². The number of imide groups is 1. The topological polar surface area (TPSA) is 181 Å². The lowest BCUT2D eigenvalue weighted by Crippen LogP contribution is -2.64. The molecule has 160 valence electrons. The van der Waals surface area contributed by atoms with Gasteiger partial charge in [-0.2, -0.15) is 0 Å². The van der Waals surface area contributed by atoms with Crippen LogP contribution in [0.2, 0.25) is 0 Å². The molecule has 3 amide bonds. The van der Waals surface area contributed by atoms with E-state index in [1.165, 1.54) is 0 Å². The molecule has 0 radical (unpaired) electrons. The third kappa shape index (κ3) is 5.16. The molecule has 2 aliphatic rings. The second-order valence-electron chi connectivity index (χ2n) is 6.26. The van der Waals surface area contributed by atoms with E-state index in [0.29, 0.717) is 0 Å². The van der Waals surface area contributed by atoms with Gasteiger partial charge in [0, 0.05) is 25.7 Å². The summed E-state index contributed by atoms with van der Waals surface area (Å²) in [4.78, 5) is 69.1. The van der Waals surface area contributed by atoms with Crippen molar-refractivity contribution < 1.29 is 47.8 Å². The minimum absolute atomic E-state index is 0.408. The first-order valence-corrected chi connectivity index (χ1v) is 8.39. The average molecular weight is 417 g/mol. The third-order valence-corrected chi connectivity index (χ3v) is 4.07. The van der Waals surface area contributed by atoms with Gasteiger partial charge in [-0.25, -0.2) is 4.79 Å². The highest BCUT2D eigenvalue weighted by atomic mass is 16.7. The van der Waals surface area contributed by atoms with E-state index in [0.717, 1.165) is 25.7 Å². The number of nitro groups is 1. The van der Waals surface area contributed by atoms with Gasteiger partial charge in [0.1, 0.15) is 19.3 Å². The molecule has 2 heterocycles. The van der Waals surface area contributed by atoms with E-state index in [9.17, 15) is 34.1 Å². The molecule has 2 aliphatic heterocycles. The number of amides is 3. The molecule has 0 saturated carbocycles. The van der Waals surface area contributed by atoms with Gasteiger partial charge >= 0.3 is 35.9 Å². The summed E-state index contributed by atoms with van der Waals surface area (Å²) in [7, 11) is 0. The average Bonchev–Trinajstić information content (AvgIpc) is 2.89. The molecule has 0 spiro atoms. The van der Waals surface area contributed by atoms with Crippen molar-refractivity contribution in [3.8, 4) is 0 Å². The lowest BCUT2D eigenvalue weighted by molar-refractivity contribution is -0.509. The summed E-state index contributed by atoms with van der Waals surface area (Å²) >= 11 is 0. The maximum absolute atomic E-state index is 12.3. The summed E-state index contributed by atoms with van der Waals surface area (Å²) in [6.45, 7) is 2.18. The zero-order valence-electron chi connectivity index (χ0n) is 15.7. The van der Waals surface area contributed by atoms with Gasteiger partial charge < -0.3 is 18.9 Å². The maximum atomic E-state index is 12.3. The van der Waals surface area contributed by atoms with E-state index in [-0.39, 0.29) is 0 Å². The molecule has 5 atom stereocenters. The number of rotatable bonds is 6. The van der Waals surface area contributed by atoms with Gasteiger partial charge in [-0.1, -0.05) is 0 Å². The van der Waals surface area contributed by atoms with E-state index >= 15 is 0 Å². The van der Waals surface area contributed by atoms with Gasteiger partial charge in [-0.15, -0.1) is 0 Å². The predicted molar refractivity (Wildman–Crippen MR) is 87.4 cm³/mol. The van der Waals surface area contributed by atoms with Gasteiger partial charge in [0.05, 0.1) is 0 Å². The number of urea groups is 1. The second kappa shape index (κ2) is 8.81. The van der Waals surface area contributed by atoms with Crippen LogP contribution in [0, 0.1) is 10.1 Å². The molecule has 14 heteroatoms. The van der Waals surface area contributed by atoms with Gasteiger partial charge in [-0.3, -0.25) is 39.5 Å². The van der Waals surface area contributed by atoms with Gasteiger partial charge in [0.2, 0.25) is 0 Å². The van der Waals surface area contributed by atoms with Crippen molar-refractivity contribution in [2.45, 2.75) is 51.4 Å². The van der Waals surface area contributed by atoms with Crippen molar-refractivity contribution in [3.05, 3.63) is 10.1 Å². The Morgan fingerprint density at radius 1 is 1.14 bits per heavy atom. The van der Waals surface area contributed by atoms with E-state index in [4.69, 9.17) is 18.9 Å². The molecule has 1 unspecified atom stereocenters. The van der Waals surface area contributed by atoms with Crippen LogP contribution in [0.15, 0.2) is 0 Å². The highest BCUT2D eigenvalue weighted by molar-refractivity contribution is 5.99. The first-order valence-electron chi connectivity index (χ1n) is 8.39. The Morgan fingerprint density at radius 2 is 1.72 bits per heavy atom. The maximum Gasteiger partial charge on any atom is 0.326 e. The zero-order chi connectivity index (χ0) is 21.9. The number of hydrogen-bond donors (Lipinski definition) is 1. The molecule has 0 aromatic heterocycles. The Morgan fingerprint density at radius 3 is 2.24 bits per heavy atom. The molecular weight excluding hydrogens is 398 g/mol. The number of nitrogens with one attached hydrogen (secondary N) is 1. The van der Waals surface area contributed by atoms with Crippen LogP contribution in [0.3, 0.4) is 0 Å². The smallest absolute Gasteiger partial charge is 0.326 e. The van der Waals surface area contributed by atoms with Crippen LogP contribution in [-0.2, 0) is 38.1 Å². The number of nitrogens with zero attached hydrogens (tertiary/aromatic N) is 2. The normalized spacial score (nSPS) is 29.1. The fourth-order valence-electron chi connectivity index (χ4n) is 2.94. The minimum atomic E-state index is -1.78. The van der Waals surface area contributed by atoms with E-state index in [1.54, 1.807) is 0 Å². The van der Waals surface area contributed by atoms with Crippen molar-refractivity contribution in [2.24, 2.45) is 0 Å². The van der Waals surface area contributed by atoms with Crippen molar-refractivity contribution in [2.75, 3.05) is 13.2 Å². The molecule has 0 aromatic rings. The summed E-state index contributed by atoms with van der Waals surface area (Å²) < 4.78 is 20.7. The zero-order valence-corrected chi connectivity index (χ0v) is 15.7. The van der Waals surface area contributed by atoms with Crippen LogP contribution in [-0.4, -0.2) is 83.4 Å². The predicted octanol–water partition coefficient (Wildman–Crippen LogP) is -1.67. The van der Waals surface area contributed by atoms with E-state index in [2.05, 4.69) is 0 Å². The Hall–Kier alpha value is -3.29. The molecule has 0 aromatic carbocycles. The third-order valence-electron chi connectivity index (χ3n) is 4.07.